The van der Waals surface area contributed by atoms with Crippen molar-refractivity contribution in [3.05, 3.63) is 389 Å². The molecule has 0 amide bonds. The number of aromatic nitrogens is 5. The second-order valence-corrected chi connectivity index (χ2v) is 40.9. The van der Waals surface area contributed by atoms with E-state index in [1.807, 2.05) is 125 Å². The summed E-state index contributed by atoms with van der Waals surface area (Å²) in [6.07, 6.45) is 12.1. The van der Waals surface area contributed by atoms with E-state index >= 15 is 0 Å². The highest BCUT2D eigenvalue weighted by Gasteiger charge is 2.33. The van der Waals surface area contributed by atoms with Crippen molar-refractivity contribution in [2.24, 2.45) is 46.1 Å². The van der Waals surface area contributed by atoms with Gasteiger partial charge in [0.15, 0.2) is 31.0 Å². The molecular formula is C132H122N5O5+5. The highest BCUT2D eigenvalue weighted by molar-refractivity contribution is 6.22. The first kappa shape index (κ1) is 81.2. The summed E-state index contributed by atoms with van der Waals surface area (Å²) >= 11 is 0. The van der Waals surface area contributed by atoms with Crippen LogP contribution in [0.2, 0.25) is 0 Å². The van der Waals surface area contributed by atoms with E-state index in [1.165, 1.54) is 54.9 Å². The molecule has 0 spiro atoms. The Morgan fingerprint density at radius 1 is 0.289 bits per heavy atom. The average molecular weight is 1870 g/mol. The van der Waals surface area contributed by atoms with Crippen molar-refractivity contribution in [1.82, 2.24) is 0 Å². The Balaban J connectivity index is 0.000000107. The molecule has 15 aromatic carbocycles. The van der Waals surface area contributed by atoms with Crippen molar-refractivity contribution in [1.29, 1.82) is 0 Å². The highest BCUT2D eigenvalue weighted by Crippen LogP contribution is 2.49. The summed E-state index contributed by atoms with van der Waals surface area (Å²) in [6.45, 7) is 20.7. The fraction of sp³-hybridized carbons (Fsp3) is 0.205. The Morgan fingerprint density at radius 3 is 0.951 bits per heavy atom. The Bertz CT molecular complexity index is 9860. The monoisotopic (exact) mass is 1870 g/mol. The number of fused-ring (bicyclic) bond motifs is 25. The second kappa shape index (κ2) is 36.2. The summed E-state index contributed by atoms with van der Waals surface area (Å²) in [5.41, 5.74) is 29.4. The zero-order valence-corrected chi connectivity index (χ0v) is 83.8. The zero-order chi connectivity index (χ0) is 106. The predicted octanol–water partition coefficient (Wildman–Crippen LogP) is 33.2. The van der Waals surface area contributed by atoms with E-state index in [0.717, 1.165) is 235 Å². The number of furan rings is 5. The SMILES string of the molecule is Cc1cc[n+](C)c(-c2c(C)ccc3c2oc2c4ccccc4ccc32)c1.[2H]C([2H])([2H])c1c[n+](C)c(-c2c(C)ccc3c2oc2c4ccccc4ccc32)cc1C.[2H]C([2H])([2H])c1ccc(-c2c(C)ccc3c2oc2c4ccccc4ccc32)[n+](C)c1.[2H]C([2H])(c1cc[n+](C)c(-c2c(C)ccc3c2oc2c4ccccc4ccc32)c1)C(C)(C)C.[2H]C1(c2cc[n+](C)c(-c3c(C)ccc4c3oc3c5ccccc5ccc43)c2)CCC(C)(C)CC1. The number of hydrogen-bond donors (Lipinski definition) is 0. The van der Waals surface area contributed by atoms with Gasteiger partial charge in [-0.05, 0) is 224 Å². The van der Waals surface area contributed by atoms with Crippen LogP contribution in [0, 0.1) is 73.0 Å². The average Bonchev–Trinajstić information content (AvgIpc) is 1.61. The minimum absolute atomic E-state index is 0.323. The predicted molar refractivity (Wildman–Crippen MR) is 590 cm³/mol. The minimum atomic E-state index is -2.14. The molecule has 1 fully saturated rings. The van der Waals surface area contributed by atoms with Gasteiger partial charge in [-0.3, -0.25) is 0 Å². The van der Waals surface area contributed by atoms with Crippen molar-refractivity contribution >= 4 is 164 Å². The van der Waals surface area contributed by atoms with E-state index in [0.29, 0.717) is 22.1 Å². The molecule has 0 N–H and O–H groups in total. The molecule has 142 heavy (non-hydrogen) atoms. The number of hydrogen-bond acceptors (Lipinski definition) is 5. The maximum Gasteiger partial charge on any atom is 0.216 e. The van der Waals surface area contributed by atoms with E-state index < -0.39 is 31.4 Å². The van der Waals surface area contributed by atoms with E-state index in [1.54, 1.807) is 18.5 Å². The third-order valence-corrected chi connectivity index (χ3v) is 29.3. The maximum absolute atomic E-state index is 9.33. The lowest BCUT2D eigenvalue weighted by Crippen LogP contribution is -2.31. The van der Waals surface area contributed by atoms with Crippen LogP contribution >= 0.6 is 0 Å². The third kappa shape index (κ3) is 16.5. The van der Waals surface area contributed by atoms with E-state index in [-0.39, 0.29) is 0 Å². The van der Waals surface area contributed by atoms with Gasteiger partial charge in [-0.15, -0.1) is 0 Å². The number of rotatable bonds is 7. The van der Waals surface area contributed by atoms with Gasteiger partial charge in [0.25, 0.3) is 0 Å². The Kier molecular flexibility index (Phi) is 20.7. The summed E-state index contributed by atoms with van der Waals surface area (Å²) in [6, 6.07) is 103. The van der Waals surface area contributed by atoms with Gasteiger partial charge >= 0.3 is 0 Å². The van der Waals surface area contributed by atoms with Gasteiger partial charge in [0.1, 0.15) is 91.1 Å². The normalized spacial score (nSPS) is 14.4. The van der Waals surface area contributed by atoms with Crippen LogP contribution in [-0.2, 0) is 41.6 Å². The molecule has 0 saturated heterocycles. The zero-order valence-electron chi connectivity index (χ0n) is 92.8. The van der Waals surface area contributed by atoms with Gasteiger partial charge in [0.05, 0.1) is 27.8 Å². The second-order valence-electron chi connectivity index (χ2n) is 40.9. The molecule has 25 aromatic rings. The summed E-state index contributed by atoms with van der Waals surface area (Å²) in [4.78, 5) is 0. The number of benzene rings is 15. The summed E-state index contributed by atoms with van der Waals surface area (Å²) in [7, 11) is 9.95. The summed E-state index contributed by atoms with van der Waals surface area (Å²) < 4.78 is 116. The van der Waals surface area contributed by atoms with Crippen LogP contribution in [0.1, 0.15) is 140 Å². The van der Waals surface area contributed by atoms with E-state index in [2.05, 4.69) is 326 Å². The first-order chi connectivity index (χ1) is 72.1. The number of pyridine rings is 5. The first-order valence-corrected chi connectivity index (χ1v) is 49.3. The molecule has 700 valence electrons. The Hall–Kier alpha value is -15.7. The molecule has 0 bridgehead atoms. The van der Waals surface area contributed by atoms with Crippen LogP contribution < -0.4 is 22.8 Å². The maximum atomic E-state index is 9.33. The molecule has 10 aromatic heterocycles. The minimum Gasteiger partial charge on any atom is -0.454 e. The fourth-order valence-corrected chi connectivity index (χ4v) is 21.6. The molecule has 0 aliphatic heterocycles. The van der Waals surface area contributed by atoms with Gasteiger partial charge in [0, 0.05) is 153 Å². The van der Waals surface area contributed by atoms with E-state index in [4.69, 9.17) is 33.1 Å². The lowest BCUT2D eigenvalue weighted by Gasteiger charge is -2.34. The Labute approximate surface area is 842 Å². The smallest absolute Gasteiger partial charge is 0.216 e. The molecule has 10 nitrogen and oxygen atoms in total. The first-order valence-electron chi connectivity index (χ1n) is 53.8. The molecule has 1 saturated carbocycles. The topological polar surface area (TPSA) is 85.1 Å². The standard InChI is InChI=1S/C31H32NO.C28H28NO.C25H22NO.2C24H20NO/c1-20-9-11-26-25-12-10-22-7-5-6-8-24(22)29(25)33-30(26)28(20)27-19-23(15-18-32(27)4)21-13-16-31(2,3)17-14-21;1-18-10-12-23-22-13-11-20-8-6-7-9-21(20)26(22)30-27(23)25(18)24-16-19(14-15-29(24)5)17-28(2,3)4;1-15-9-11-21-20-12-10-18-7-5-6-8-19(18)24(20)27-25(21)23(15)22-13-16(2)17(3)14-26(22)4;1-15-8-13-21(25(3)14-15)22-16(2)9-11-20-19-12-10-17-6-4-5-7-18(17)23(19)26-24(20)22;1-15-12-13-25(3)21(14-15)22-16(2)8-10-20-19-11-9-17-6-4-5-7-18(17)23(19)26-24(20)22/h5-12,15,18-19,21H,13-14,16-17H2,1-4H3;6-16H,17H2,1-5H3;5-14H,1-4H3;2*4-14H,1-3H3/q5*+1/i21D;17D2;3D3;1D3;. The molecule has 10 heteroatoms. The van der Waals surface area contributed by atoms with Gasteiger partial charge in [0.2, 0.25) is 28.5 Å². The van der Waals surface area contributed by atoms with Crippen LogP contribution in [0.25, 0.3) is 220 Å². The van der Waals surface area contributed by atoms with Gasteiger partial charge in [-0.2, -0.15) is 0 Å². The Morgan fingerprint density at radius 2 is 0.599 bits per heavy atom. The van der Waals surface area contributed by atoms with E-state index in [9.17, 15) is 1.37 Å². The largest absolute Gasteiger partial charge is 0.454 e. The summed E-state index contributed by atoms with van der Waals surface area (Å²) in [5.74, 6) is -0.523. The van der Waals surface area contributed by atoms with Crippen molar-refractivity contribution in [3.63, 3.8) is 0 Å². The van der Waals surface area contributed by atoms with Crippen molar-refractivity contribution in [3.8, 4) is 56.3 Å². The van der Waals surface area contributed by atoms with Crippen LogP contribution in [0.15, 0.2) is 350 Å². The number of aryl methyl sites for hydroxylation is 14. The highest BCUT2D eigenvalue weighted by atomic mass is 16.3. The molecule has 10 heterocycles. The van der Waals surface area contributed by atoms with Crippen molar-refractivity contribution in [2.45, 2.75) is 135 Å². The molecular weight excluding hydrogens is 1740 g/mol. The molecule has 0 radical (unpaired) electrons. The van der Waals surface area contributed by atoms with Crippen LogP contribution in [-0.4, -0.2) is 0 Å². The molecule has 0 unspecified atom stereocenters. The molecule has 0 atom stereocenters. The van der Waals surface area contributed by atoms with Gasteiger partial charge < -0.3 is 22.1 Å². The lowest BCUT2D eigenvalue weighted by atomic mass is 9.71. The summed E-state index contributed by atoms with van der Waals surface area (Å²) in [5, 5.41) is 22.6. The quantitative estimate of drug-likeness (QED) is 0.148. The van der Waals surface area contributed by atoms with Crippen molar-refractivity contribution in [2.75, 3.05) is 0 Å². The van der Waals surface area contributed by atoms with Crippen molar-refractivity contribution < 1.29 is 57.3 Å². The number of nitrogens with zero attached hydrogens (tertiary/aromatic N) is 5. The van der Waals surface area contributed by atoms with Crippen LogP contribution in [0.5, 0.6) is 0 Å². The van der Waals surface area contributed by atoms with Crippen LogP contribution in [0.3, 0.4) is 0 Å². The lowest BCUT2D eigenvalue weighted by molar-refractivity contribution is -0.660. The third-order valence-electron chi connectivity index (χ3n) is 29.3. The molecule has 1 aliphatic carbocycles. The molecule has 1 aliphatic rings. The van der Waals surface area contributed by atoms with Gasteiger partial charge in [-0.25, -0.2) is 22.8 Å². The molecule has 26 rings (SSSR count). The van der Waals surface area contributed by atoms with Crippen LogP contribution in [0.4, 0.5) is 0 Å². The van der Waals surface area contributed by atoms with Gasteiger partial charge in [-0.1, -0.05) is 247 Å². The fourth-order valence-electron chi connectivity index (χ4n) is 21.6.